The van der Waals surface area contributed by atoms with E-state index in [9.17, 15) is 17.2 Å². The highest BCUT2D eigenvalue weighted by Gasteiger charge is 2.15. The molecule has 0 aliphatic rings. The summed E-state index contributed by atoms with van der Waals surface area (Å²) < 4.78 is 53.1. The first-order valence-electron chi connectivity index (χ1n) is 6.15. The van der Waals surface area contributed by atoms with Crippen LogP contribution in [0.5, 0.6) is 0 Å². The second-order valence-corrected chi connectivity index (χ2v) is 9.65. The van der Waals surface area contributed by atoms with Gasteiger partial charge in [0.15, 0.2) is 11.6 Å². The predicted molar refractivity (Wildman–Crippen MR) is 89.7 cm³/mol. The summed E-state index contributed by atoms with van der Waals surface area (Å²) in [6.07, 6.45) is 0. The smallest absolute Gasteiger partial charge is 0.210 e. The Labute approximate surface area is 144 Å². The summed E-state index contributed by atoms with van der Waals surface area (Å²) in [6.45, 7) is 0.221. The fraction of sp³-hybridized carbons (Fsp3) is 0.231. The van der Waals surface area contributed by atoms with Crippen LogP contribution in [0.4, 0.5) is 8.78 Å². The maximum Gasteiger partial charge on any atom is 0.240 e. The SMILES string of the molecule is O=S(=O)(NCCSCc1ccc(Br)s1)c1ccc(F)c(F)c1. The Hall–Kier alpha value is -0.480. The van der Waals surface area contributed by atoms with Gasteiger partial charge in [-0.15, -0.1) is 11.3 Å². The lowest BCUT2D eigenvalue weighted by Crippen LogP contribution is -2.26. The minimum absolute atomic E-state index is 0.221. The van der Waals surface area contributed by atoms with E-state index in [1.54, 1.807) is 23.1 Å². The highest BCUT2D eigenvalue weighted by molar-refractivity contribution is 9.11. The van der Waals surface area contributed by atoms with Crippen LogP contribution in [-0.2, 0) is 15.8 Å². The highest BCUT2D eigenvalue weighted by atomic mass is 79.9. The molecule has 1 aromatic heterocycles. The molecule has 3 nitrogen and oxygen atoms in total. The van der Waals surface area contributed by atoms with E-state index in [4.69, 9.17) is 0 Å². The van der Waals surface area contributed by atoms with E-state index in [2.05, 4.69) is 20.7 Å². The molecule has 0 aliphatic heterocycles. The average molecular weight is 428 g/mol. The molecule has 9 heteroatoms. The number of rotatable bonds is 7. The number of sulfonamides is 1. The number of thioether (sulfide) groups is 1. The Balaban J connectivity index is 1.81. The van der Waals surface area contributed by atoms with E-state index in [1.165, 1.54) is 4.88 Å². The molecule has 0 spiro atoms. The van der Waals surface area contributed by atoms with E-state index in [0.29, 0.717) is 11.8 Å². The first-order valence-corrected chi connectivity index (χ1v) is 10.4. The van der Waals surface area contributed by atoms with Gasteiger partial charge in [-0.1, -0.05) is 0 Å². The Morgan fingerprint density at radius 3 is 2.59 bits per heavy atom. The zero-order valence-electron chi connectivity index (χ0n) is 11.2. The van der Waals surface area contributed by atoms with Crippen molar-refractivity contribution in [2.24, 2.45) is 0 Å². The average Bonchev–Trinajstić information content (AvgIpc) is 2.87. The normalized spacial score (nSPS) is 11.8. The molecular formula is C13H12BrF2NO2S3. The topological polar surface area (TPSA) is 46.2 Å². The molecule has 1 aromatic carbocycles. The highest BCUT2D eigenvalue weighted by Crippen LogP contribution is 2.25. The number of hydrogen-bond acceptors (Lipinski definition) is 4. The maximum atomic E-state index is 13.1. The van der Waals surface area contributed by atoms with Crippen LogP contribution in [0.2, 0.25) is 0 Å². The molecule has 0 bridgehead atoms. The van der Waals surface area contributed by atoms with Gasteiger partial charge in [-0.2, -0.15) is 11.8 Å². The van der Waals surface area contributed by atoms with Crippen molar-refractivity contribution >= 4 is 49.1 Å². The van der Waals surface area contributed by atoms with Crippen LogP contribution in [-0.4, -0.2) is 20.7 Å². The molecule has 0 saturated heterocycles. The van der Waals surface area contributed by atoms with Gasteiger partial charge in [0.2, 0.25) is 10.0 Å². The van der Waals surface area contributed by atoms with Crippen molar-refractivity contribution in [3.63, 3.8) is 0 Å². The Kier molecular flexibility index (Phi) is 6.39. The van der Waals surface area contributed by atoms with Crippen molar-refractivity contribution in [1.29, 1.82) is 0 Å². The fourth-order valence-electron chi connectivity index (χ4n) is 1.58. The maximum absolute atomic E-state index is 13.1. The molecule has 0 fully saturated rings. The van der Waals surface area contributed by atoms with Crippen LogP contribution in [0.25, 0.3) is 0 Å². The molecule has 0 saturated carbocycles. The van der Waals surface area contributed by atoms with E-state index < -0.39 is 21.7 Å². The molecule has 1 N–H and O–H groups in total. The molecular weight excluding hydrogens is 416 g/mol. The van der Waals surface area contributed by atoms with Crippen LogP contribution in [0.15, 0.2) is 39.0 Å². The molecule has 0 aliphatic carbocycles. The minimum Gasteiger partial charge on any atom is -0.210 e. The third-order valence-corrected chi connectivity index (χ3v) is 6.89. The molecule has 2 rings (SSSR count). The molecule has 0 atom stereocenters. The Morgan fingerprint density at radius 1 is 1.18 bits per heavy atom. The lowest BCUT2D eigenvalue weighted by Gasteiger charge is -2.06. The minimum atomic E-state index is -3.82. The van der Waals surface area contributed by atoms with Gasteiger partial charge in [-0.05, 0) is 46.3 Å². The first kappa shape index (κ1) is 17.9. The molecule has 0 amide bonds. The largest absolute Gasteiger partial charge is 0.240 e. The van der Waals surface area contributed by atoms with Crippen molar-refractivity contribution in [1.82, 2.24) is 4.72 Å². The number of halogens is 3. The lowest BCUT2D eigenvalue weighted by molar-refractivity contribution is 0.504. The van der Waals surface area contributed by atoms with Crippen molar-refractivity contribution in [3.05, 3.63) is 50.6 Å². The van der Waals surface area contributed by atoms with Crippen LogP contribution in [0, 0.1) is 11.6 Å². The third kappa shape index (κ3) is 5.02. The second kappa shape index (κ2) is 7.87. The van der Waals surface area contributed by atoms with Gasteiger partial charge in [-0.25, -0.2) is 21.9 Å². The van der Waals surface area contributed by atoms with Gasteiger partial charge in [0.05, 0.1) is 8.68 Å². The van der Waals surface area contributed by atoms with Crippen molar-refractivity contribution in [2.75, 3.05) is 12.3 Å². The monoisotopic (exact) mass is 427 g/mol. The number of hydrogen-bond donors (Lipinski definition) is 1. The van der Waals surface area contributed by atoms with E-state index in [0.717, 1.165) is 21.7 Å². The molecule has 22 heavy (non-hydrogen) atoms. The number of benzene rings is 1. The van der Waals surface area contributed by atoms with E-state index >= 15 is 0 Å². The summed E-state index contributed by atoms with van der Waals surface area (Å²) in [6, 6.07) is 6.48. The summed E-state index contributed by atoms with van der Waals surface area (Å²) >= 11 is 6.60. The molecule has 0 unspecified atom stereocenters. The third-order valence-electron chi connectivity index (χ3n) is 2.61. The van der Waals surface area contributed by atoms with E-state index in [1.807, 2.05) is 12.1 Å². The number of thiophene rings is 1. The molecule has 0 radical (unpaired) electrons. The molecule has 2 aromatic rings. The molecule has 1 heterocycles. The van der Waals surface area contributed by atoms with Crippen LogP contribution in [0.1, 0.15) is 4.88 Å². The molecule has 120 valence electrons. The summed E-state index contributed by atoms with van der Waals surface area (Å²) in [5, 5.41) is 0. The summed E-state index contributed by atoms with van der Waals surface area (Å²) in [5.41, 5.74) is 0. The Morgan fingerprint density at radius 2 is 1.95 bits per heavy atom. The first-order chi connectivity index (χ1) is 10.4. The van der Waals surface area contributed by atoms with E-state index in [-0.39, 0.29) is 11.4 Å². The summed E-state index contributed by atoms with van der Waals surface area (Å²) in [4.78, 5) is 0.916. The second-order valence-electron chi connectivity index (χ2n) is 4.23. The van der Waals surface area contributed by atoms with Crippen LogP contribution >= 0.6 is 39.0 Å². The summed E-state index contributed by atoms with van der Waals surface area (Å²) in [7, 11) is -3.82. The van der Waals surface area contributed by atoms with Crippen molar-refractivity contribution < 1.29 is 17.2 Å². The number of nitrogens with one attached hydrogen (secondary N) is 1. The van der Waals surface area contributed by atoms with Gasteiger partial charge in [0.1, 0.15) is 0 Å². The van der Waals surface area contributed by atoms with Crippen LogP contribution in [0.3, 0.4) is 0 Å². The predicted octanol–water partition coefficient (Wildman–Crippen LogP) is 4.00. The summed E-state index contributed by atoms with van der Waals surface area (Å²) in [5.74, 6) is -0.876. The quantitative estimate of drug-likeness (QED) is 0.679. The zero-order valence-corrected chi connectivity index (χ0v) is 15.2. The van der Waals surface area contributed by atoms with Crippen molar-refractivity contribution in [3.8, 4) is 0 Å². The van der Waals surface area contributed by atoms with Crippen LogP contribution < -0.4 is 4.72 Å². The van der Waals surface area contributed by atoms with Gasteiger partial charge in [0.25, 0.3) is 0 Å². The lowest BCUT2D eigenvalue weighted by atomic mass is 10.3. The standard InChI is InChI=1S/C13H12BrF2NO2S3/c14-13-4-1-9(21-13)8-20-6-5-17-22(18,19)10-2-3-11(15)12(16)7-10/h1-4,7,17H,5-6,8H2. The van der Waals surface area contributed by atoms with Crippen molar-refractivity contribution in [2.45, 2.75) is 10.6 Å². The van der Waals surface area contributed by atoms with Gasteiger partial charge in [-0.3, -0.25) is 0 Å². The fourth-order valence-corrected chi connectivity index (χ4v) is 5.20. The Bertz CT molecular complexity index is 749. The van der Waals surface area contributed by atoms with Gasteiger partial charge in [0, 0.05) is 22.9 Å². The zero-order chi connectivity index (χ0) is 16.2. The van der Waals surface area contributed by atoms with Gasteiger partial charge >= 0.3 is 0 Å². The van der Waals surface area contributed by atoms with Gasteiger partial charge < -0.3 is 0 Å².